The van der Waals surface area contributed by atoms with E-state index in [0.717, 1.165) is 0 Å². The van der Waals surface area contributed by atoms with Crippen LogP contribution >= 0.6 is 11.6 Å². The average molecular weight is 360 g/mol. The van der Waals surface area contributed by atoms with Gasteiger partial charge in [-0.2, -0.15) is 0 Å². The molecule has 1 N–H and O–H groups in total. The van der Waals surface area contributed by atoms with Crippen molar-refractivity contribution in [3.63, 3.8) is 0 Å². The van der Waals surface area contributed by atoms with Gasteiger partial charge in [-0.15, -0.1) is 0 Å². The van der Waals surface area contributed by atoms with Crippen LogP contribution in [0.15, 0.2) is 54.6 Å². The van der Waals surface area contributed by atoms with E-state index >= 15 is 0 Å². The Morgan fingerprint density at radius 3 is 2.44 bits per heavy atom. The van der Waals surface area contributed by atoms with Crippen molar-refractivity contribution in [2.75, 3.05) is 11.4 Å². The number of nitrogens with zero attached hydrogens (tertiary/aromatic N) is 1. The predicted octanol–water partition coefficient (Wildman–Crippen LogP) is 2.41. The van der Waals surface area contributed by atoms with Crippen LogP contribution in [-0.2, 0) is 24.8 Å². The van der Waals surface area contributed by atoms with Crippen LogP contribution < -0.4 is 4.90 Å². The smallest absolute Gasteiger partial charge is 0.336 e. The molecule has 2 aliphatic heterocycles. The number of morpholine rings is 1. The second kappa shape index (κ2) is 5.84. The maximum Gasteiger partial charge on any atom is 0.336 e. The third-order valence-electron chi connectivity index (χ3n) is 4.38. The molecule has 1 amide bonds. The van der Waals surface area contributed by atoms with Crippen molar-refractivity contribution in [1.29, 1.82) is 0 Å². The molecule has 3 unspecified atom stereocenters. The van der Waals surface area contributed by atoms with E-state index in [1.165, 1.54) is 4.90 Å². The number of carbonyl (C=O) groups is 2. The molecular formula is C18H14ClNO5. The van der Waals surface area contributed by atoms with Crippen molar-refractivity contribution >= 4 is 29.2 Å². The Balaban J connectivity index is 1.79. The zero-order valence-electron chi connectivity index (χ0n) is 13.0. The van der Waals surface area contributed by atoms with E-state index in [-0.39, 0.29) is 6.54 Å². The van der Waals surface area contributed by atoms with E-state index < -0.39 is 29.9 Å². The summed E-state index contributed by atoms with van der Waals surface area (Å²) in [4.78, 5) is 25.8. The zero-order chi connectivity index (χ0) is 17.6. The van der Waals surface area contributed by atoms with Gasteiger partial charge in [0.25, 0.3) is 5.91 Å². The number of hydrogen-bond acceptors (Lipinski definition) is 4. The summed E-state index contributed by atoms with van der Waals surface area (Å²) in [6, 6.07) is 15.8. The van der Waals surface area contributed by atoms with Gasteiger partial charge in [-0.05, 0) is 24.3 Å². The fraction of sp³-hybridized carbons (Fsp3) is 0.222. The maximum atomic E-state index is 12.8. The number of carboxylic acids is 1. The number of benzene rings is 2. The number of carbonyl (C=O) groups excluding carboxylic acids is 1. The van der Waals surface area contributed by atoms with E-state index in [1.54, 1.807) is 36.4 Å². The molecule has 2 saturated heterocycles. The number of hydrogen-bond donors (Lipinski definition) is 1. The number of amides is 1. The number of fused-ring (bicyclic) bond motifs is 2. The normalized spacial score (nSPS) is 28.2. The lowest BCUT2D eigenvalue weighted by molar-refractivity contribution is -0.193. The average Bonchev–Trinajstić information content (AvgIpc) is 2.97. The topological polar surface area (TPSA) is 76.1 Å². The highest BCUT2D eigenvalue weighted by atomic mass is 35.5. The van der Waals surface area contributed by atoms with Crippen molar-refractivity contribution in [1.82, 2.24) is 0 Å². The Hall–Kier alpha value is -2.41. The predicted molar refractivity (Wildman–Crippen MR) is 89.3 cm³/mol. The van der Waals surface area contributed by atoms with Crippen molar-refractivity contribution < 1.29 is 24.2 Å². The van der Waals surface area contributed by atoms with Crippen LogP contribution in [0.2, 0.25) is 5.02 Å². The quantitative estimate of drug-likeness (QED) is 0.910. The van der Waals surface area contributed by atoms with Gasteiger partial charge >= 0.3 is 5.97 Å². The molecule has 0 aliphatic carbocycles. The first kappa shape index (κ1) is 16.1. The van der Waals surface area contributed by atoms with E-state index in [0.29, 0.717) is 16.3 Å². The largest absolute Gasteiger partial charge is 0.479 e. The molecule has 7 heteroatoms. The number of anilines is 1. The van der Waals surface area contributed by atoms with E-state index in [1.807, 2.05) is 18.2 Å². The van der Waals surface area contributed by atoms with Crippen molar-refractivity contribution in [3.8, 4) is 0 Å². The molecule has 2 heterocycles. The number of ether oxygens (including phenoxy) is 2. The van der Waals surface area contributed by atoms with Gasteiger partial charge in [0.05, 0.1) is 6.54 Å². The molecule has 4 rings (SSSR count). The van der Waals surface area contributed by atoms with Crippen molar-refractivity contribution in [3.05, 3.63) is 65.2 Å². The summed E-state index contributed by atoms with van der Waals surface area (Å²) in [6.07, 6.45) is -2.56. The highest BCUT2D eigenvalue weighted by Crippen LogP contribution is 2.44. The molecule has 0 spiro atoms. The summed E-state index contributed by atoms with van der Waals surface area (Å²) >= 11 is 5.91. The fourth-order valence-corrected chi connectivity index (χ4v) is 3.32. The molecule has 25 heavy (non-hydrogen) atoms. The van der Waals surface area contributed by atoms with Crippen LogP contribution in [0.25, 0.3) is 0 Å². The van der Waals surface area contributed by atoms with Crippen molar-refractivity contribution in [2.45, 2.75) is 18.0 Å². The SMILES string of the molecule is O=C(O)C1OC2(c3ccccc3)CN(c3ccc(Cl)cc3)C(=O)C1O2. The van der Waals surface area contributed by atoms with Crippen LogP contribution in [0.5, 0.6) is 0 Å². The van der Waals surface area contributed by atoms with Crippen molar-refractivity contribution in [2.24, 2.45) is 0 Å². The second-order valence-corrected chi connectivity index (χ2v) is 6.37. The molecule has 0 aromatic heterocycles. The van der Waals surface area contributed by atoms with E-state index in [4.69, 9.17) is 21.1 Å². The summed E-state index contributed by atoms with van der Waals surface area (Å²) in [5, 5.41) is 9.99. The first-order valence-electron chi connectivity index (χ1n) is 7.71. The molecule has 2 bridgehead atoms. The molecule has 2 aromatic rings. The van der Waals surface area contributed by atoms with Crippen LogP contribution in [0, 0.1) is 0 Å². The van der Waals surface area contributed by atoms with E-state index in [9.17, 15) is 14.7 Å². The van der Waals surface area contributed by atoms with Gasteiger partial charge in [-0.3, -0.25) is 4.79 Å². The molecule has 128 valence electrons. The lowest BCUT2D eigenvalue weighted by Crippen LogP contribution is -2.54. The van der Waals surface area contributed by atoms with Gasteiger partial charge in [0, 0.05) is 16.3 Å². The summed E-state index contributed by atoms with van der Waals surface area (Å²) in [5.41, 5.74) is 1.27. The zero-order valence-corrected chi connectivity index (χ0v) is 13.7. The third-order valence-corrected chi connectivity index (χ3v) is 4.63. The molecule has 2 fully saturated rings. The van der Waals surface area contributed by atoms with Gasteiger partial charge in [0.15, 0.2) is 12.2 Å². The van der Waals surface area contributed by atoms with Crippen LogP contribution in [-0.4, -0.2) is 35.7 Å². The van der Waals surface area contributed by atoms with Gasteiger partial charge in [-0.25, -0.2) is 4.79 Å². The minimum atomic E-state index is -1.36. The maximum absolute atomic E-state index is 12.8. The first-order chi connectivity index (χ1) is 12.0. The monoisotopic (exact) mass is 359 g/mol. The summed E-state index contributed by atoms with van der Waals surface area (Å²) in [6.45, 7) is 0.0533. The van der Waals surface area contributed by atoms with Gasteiger partial charge < -0.3 is 19.5 Å². The lowest BCUT2D eigenvalue weighted by Gasteiger charge is -2.38. The highest BCUT2D eigenvalue weighted by Gasteiger charge is 2.60. The summed E-state index contributed by atoms with van der Waals surface area (Å²) < 4.78 is 11.6. The molecule has 0 radical (unpaired) electrons. The van der Waals surface area contributed by atoms with Gasteiger partial charge in [0.2, 0.25) is 5.79 Å². The number of carboxylic acid groups (broad SMARTS) is 1. The Morgan fingerprint density at radius 2 is 1.80 bits per heavy atom. The first-order valence-corrected chi connectivity index (χ1v) is 8.09. The summed E-state index contributed by atoms with van der Waals surface area (Å²) in [5.74, 6) is -2.99. The fourth-order valence-electron chi connectivity index (χ4n) is 3.19. The van der Waals surface area contributed by atoms with Crippen LogP contribution in [0.3, 0.4) is 0 Å². The summed E-state index contributed by atoms with van der Waals surface area (Å²) in [7, 11) is 0. The molecule has 3 atom stereocenters. The molecule has 0 saturated carbocycles. The number of halogens is 1. The highest BCUT2D eigenvalue weighted by molar-refractivity contribution is 6.30. The Labute approximate surface area is 148 Å². The minimum absolute atomic E-state index is 0.0533. The van der Waals surface area contributed by atoms with Crippen LogP contribution in [0.4, 0.5) is 5.69 Å². The molecule has 2 aromatic carbocycles. The Bertz CT molecular complexity index is 825. The Kier molecular flexibility index (Phi) is 3.76. The van der Waals surface area contributed by atoms with Gasteiger partial charge in [0.1, 0.15) is 0 Å². The standard InChI is InChI=1S/C18H14ClNO5/c19-12-6-8-13(9-7-12)20-10-18(11-4-2-1-3-5-11)24-14(16(20)21)15(25-18)17(22)23/h1-9,14-15H,10H2,(H,22,23). The molecule has 2 aliphatic rings. The molecule has 6 nitrogen and oxygen atoms in total. The van der Waals surface area contributed by atoms with Gasteiger partial charge in [-0.1, -0.05) is 41.9 Å². The minimum Gasteiger partial charge on any atom is -0.479 e. The van der Waals surface area contributed by atoms with Crippen LogP contribution in [0.1, 0.15) is 5.56 Å². The number of rotatable bonds is 3. The second-order valence-electron chi connectivity index (χ2n) is 5.93. The molecular weight excluding hydrogens is 346 g/mol. The third kappa shape index (κ3) is 2.59. The Morgan fingerprint density at radius 1 is 1.12 bits per heavy atom. The van der Waals surface area contributed by atoms with E-state index in [2.05, 4.69) is 0 Å². The lowest BCUT2D eigenvalue weighted by atomic mass is 10.0. The number of aliphatic carboxylic acids is 1.